The molecule has 1 aliphatic rings. The summed E-state index contributed by atoms with van der Waals surface area (Å²) in [4.78, 5) is 7.66. The number of nitrogens with zero attached hydrogens (tertiary/aromatic N) is 5. The maximum absolute atomic E-state index is 3.91. The first-order valence-corrected chi connectivity index (χ1v) is 2.75. The SMILES string of the molecule is C1=CN=C(n2cncn2)[N]1. The Hall–Kier alpha value is -1.65. The van der Waals surface area contributed by atoms with E-state index < -0.39 is 0 Å². The summed E-state index contributed by atoms with van der Waals surface area (Å²) < 4.78 is 1.50. The van der Waals surface area contributed by atoms with Crippen LogP contribution in [0.15, 0.2) is 30.0 Å². The van der Waals surface area contributed by atoms with Crippen molar-refractivity contribution in [1.82, 2.24) is 20.1 Å². The Morgan fingerprint density at radius 1 is 1.30 bits per heavy atom. The van der Waals surface area contributed by atoms with E-state index in [2.05, 4.69) is 20.4 Å². The Labute approximate surface area is 57.1 Å². The summed E-state index contributed by atoms with van der Waals surface area (Å²) >= 11 is 0. The van der Waals surface area contributed by atoms with Crippen LogP contribution in [0.3, 0.4) is 0 Å². The molecular weight excluding hydrogens is 130 g/mol. The van der Waals surface area contributed by atoms with Crippen LogP contribution in [-0.2, 0) is 0 Å². The molecule has 0 unspecified atom stereocenters. The standard InChI is InChI=1S/C5H4N5/c1-2-8-5(7-1)10-4-6-3-9-10/h1-4H. The lowest BCUT2D eigenvalue weighted by molar-refractivity contribution is 0.897. The van der Waals surface area contributed by atoms with Crippen molar-refractivity contribution in [2.45, 2.75) is 0 Å². The second-order valence-electron chi connectivity index (χ2n) is 1.70. The van der Waals surface area contributed by atoms with E-state index in [-0.39, 0.29) is 0 Å². The third kappa shape index (κ3) is 0.680. The molecule has 0 saturated carbocycles. The van der Waals surface area contributed by atoms with Gasteiger partial charge in [0.2, 0.25) is 0 Å². The zero-order chi connectivity index (χ0) is 6.81. The van der Waals surface area contributed by atoms with Gasteiger partial charge in [-0.15, -0.1) is 0 Å². The van der Waals surface area contributed by atoms with Crippen LogP contribution in [0, 0.1) is 0 Å². The van der Waals surface area contributed by atoms with Gasteiger partial charge >= 0.3 is 0 Å². The van der Waals surface area contributed by atoms with Gasteiger partial charge in [-0.1, -0.05) is 0 Å². The molecular formula is C5H4N5. The molecule has 1 radical (unpaired) electrons. The zero-order valence-corrected chi connectivity index (χ0v) is 5.05. The van der Waals surface area contributed by atoms with Crippen molar-refractivity contribution in [2.24, 2.45) is 4.99 Å². The van der Waals surface area contributed by atoms with Crippen molar-refractivity contribution in [2.75, 3.05) is 0 Å². The Morgan fingerprint density at radius 3 is 2.90 bits per heavy atom. The fraction of sp³-hybridized carbons (Fsp3) is 0. The van der Waals surface area contributed by atoms with E-state index >= 15 is 0 Å². The van der Waals surface area contributed by atoms with Gasteiger partial charge in [0.15, 0.2) is 0 Å². The Bertz CT molecular complexity index is 270. The van der Waals surface area contributed by atoms with Gasteiger partial charge < -0.3 is 0 Å². The van der Waals surface area contributed by atoms with Crippen LogP contribution in [0.1, 0.15) is 0 Å². The Balaban J connectivity index is 2.30. The van der Waals surface area contributed by atoms with Gasteiger partial charge in [0, 0.05) is 12.4 Å². The van der Waals surface area contributed by atoms with Crippen molar-refractivity contribution in [3.05, 3.63) is 25.1 Å². The number of hydrogen-bond acceptors (Lipinski definition) is 3. The first kappa shape index (κ1) is 5.16. The molecule has 0 aliphatic carbocycles. The summed E-state index contributed by atoms with van der Waals surface area (Å²) in [5.74, 6) is 0.553. The van der Waals surface area contributed by atoms with Crippen molar-refractivity contribution in [3.8, 4) is 0 Å². The molecule has 0 bridgehead atoms. The van der Waals surface area contributed by atoms with Crippen LogP contribution in [0.5, 0.6) is 0 Å². The molecule has 49 valence electrons. The first-order chi connectivity index (χ1) is 4.97. The second-order valence-corrected chi connectivity index (χ2v) is 1.70. The number of aliphatic imine (C=N–C) groups is 1. The molecule has 0 saturated heterocycles. The molecule has 1 aromatic rings. The quantitative estimate of drug-likeness (QED) is 0.483. The van der Waals surface area contributed by atoms with Gasteiger partial charge in [-0.05, 0) is 0 Å². The third-order valence-electron chi connectivity index (χ3n) is 1.07. The fourth-order valence-corrected chi connectivity index (χ4v) is 0.663. The second kappa shape index (κ2) is 1.94. The average Bonchev–Trinajstić information content (AvgIpc) is 2.59. The highest BCUT2D eigenvalue weighted by Crippen LogP contribution is 1.90. The molecule has 0 aromatic carbocycles. The molecule has 5 nitrogen and oxygen atoms in total. The van der Waals surface area contributed by atoms with E-state index in [1.165, 1.54) is 11.0 Å². The van der Waals surface area contributed by atoms with E-state index in [0.29, 0.717) is 5.96 Å². The lowest BCUT2D eigenvalue weighted by atomic mass is 10.9. The predicted octanol–water partition coefficient (Wildman–Crippen LogP) is -0.429. The van der Waals surface area contributed by atoms with E-state index in [0.717, 1.165) is 0 Å². The van der Waals surface area contributed by atoms with Crippen molar-refractivity contribution in [3.63, 3.8) is 0 Å². The fourth-order valence-electron chi connectivity index (χ4n) is 0.663. The van der Waals surface area contributed by atoms with Crippen molar-refractivity contribution in [1.29, 1.82) is 0 Å². The van der Waals surface area contributed by atoms with E-state index in [9.17, 15) is 0 Å². The monoisotopic (exact) mass is 134 g/mol. The summed E-state index contributed by atoms with van der Waals surface area (Å²) in [7, 11) is 0. The summed E-state index contributed by atoms with van der Waals surface area (Å²) in [5.41, 5.74) is 0. The van der Waals surface area contributed by atoms with Gasteiger partial charge in [-0.3, -0.25) is 0 Å². The molecule has 10 heavy (non-hydrogen) atoms. The Morgan fingerprint density at radius 2 is 2.30 bits per heavy atom. The topological polar surface area (TPSA) is 57.2 Å². The molecule has 0 spiro atoms. The van der Waals surface area contributed by atoms with Gasteiger partial charge in [0.05, 0.1) is 0 Å². The number of hydrogen-bond donors (Lipinski definition) is 0. The molecule has 0 atom stereocenters. The molecule has 0 fully saturated rings. The maximum atomic E-state index is 3.91. The van der Waals surface area contributed by atoms with Crippen molar-refractivity contribution < 1.29 is 0 Å². The van der Waals surface area contributed by atoms with Gasteiger partial charge in [-0.25, -0.2) is 15.3 Å². The van der Waals surface area contributed by atoms with Gasteiger partial charge in [0.25, 0.3) is 5.96 Å². The molecule has 2 heterocycles. The highest BCUT2D eigenvalue weighted by atomic mass is 15.4. The summed E-state index contributed by atoms with van der Waals surface area (Å²) in [6.07, 6.45) is 6.21. The van der Waals surface area contributed by atoms with Crippen LogP contribution < -0.4 is 5.32 Å². The maximum Gasteiger partial charge on any atom is 0.252 e. The zero-order valence-electron chi connectivity index (χ0n) is 5.05. The molecule has 1 aliphatic heterocycles. The molecule has 1 aromatic heterocycles. The summed E-state index contributed by atoms with van der Waals surface area (Å²) in [6.45, 7) is 0. The van der Waals surface area contributed by atoms with Crippen LogP contribution in [-0.4, -0.2) is 20.7 Å². The van der Waals surface area contributed by atoms with E-state index in [1.807, 2.05) is 0 Å². The normalized spacial score (nSPS) is 15.0. The van der Waals surface area contributed by atoms with E-state index in [1.54, 1.807) is 18.7 Å². The molecule has 0 amide bonds. The average molecular weight is 134 g/mol. The Kier molecular flexibility index (Phi) is 1.00. The predicted molar refractivity (Wildman–Crippen MR) is 34.1 cm³/mol. The molecule has 5 heteroatoms. The summed E-state index contributed by atoms with van der Waals surface area (Å²) in [6, 6.07) is 0. The lowest BCUT2D eigenvalue weighted by Crippen LogP contribution is -2.17. The first-order valence-electron chi connectivity index (χ1n) is 2.75. The van der Waals surface area contributed by atoms with Gasteiger partial charge in [0.1, 0.15) is 12.7 Å². The summed E-state index contributed by atoms with van der Waals surface area (Å²) in [5, 5.41) is 7.75. The van der Waals surface area contributed by atoms with Crippen molar-refractivity contribution >= 4 is 5.96 Å². The highest BCUT2D eigenvalue weighted by molar-refractivity contribution is 5.83. The minimum atomic E-state index is 0.553. The van der Waals surface area contributed by atoms with Crippen LogP contribution in [0.2, 0.25) is 0 Å². The minimum absolute atomic E-state index is 0.553. The smallest absolute Gasteiger partial charge is 0.223 e. The number of aromatic nitrogens is 3. The van der Waals surface area contributed by atoms with Crippen LogP contribution in [0.25, 0.3) is 0 Å². The molecule has 0 N–H and O–H groups in total. The van der Waals surface area contributed by atoms with Gasteiger partial charge in [-0.2, -0.15) is 9.78 Å². The highest BCUT2D eigenvalue weighted by Gasteiger charge is 2.03. The van der Waals surface area contributed by atoms with Crippen LogP contribution >= 0.6 is 0 Å². The number of rotatable bonds is 0. The lowest BCUT2D eigenvalue weighted by Gasteiger charge is -1.93. The van der Waals surface area contributed by atoms with Crippen LogP contribution in [0.4, 0.5) is 0 Å². The minimum Gasteiger partial charge on any atom is -0.223 e. The third-order valence-corrected chi connectivity index (χ3v) is 1.07. The molecule has 2 rings (SSSR count). The largest absolute Gasteiger partial charge is 0.252 e. The van der Waals surface area contributed by atoms with E-state index in [4.69, 9.17) is 0 Å².